The highest BCUT2D eigenvalue weighted by atomic mass is 16.2. The highest BCUT2D eigenvalue weighted by Crippen LogP contribution is 2.23. The zero-order chi connectivity index (χ0) is 18.0. The number of benzene rings is 2. The highest BCUT2D eigenvalue weighted by molar-refractivity contribution is 5.95. The third kappa shape index (κ3) is 3.56. The molecule has 0 bridgehead atoms. The molecule has 0 aliphatic rings. The lowest BCUT2D eigenvalue weighted by Crippen LogP contribution is -2.26. The van der Waals surface area contributed by atoms with Gasteiger partial charge in [0.15, 0.2) is 0 Å². The number of carbonyl (C=O) groups excluding carboxylic acids is 1. The number of hydrogen-bond donors (Lipinski definition) is 1. The number of imidazole rings is 1. The lowest BCUT2D eigenvalue weighted by molar-refractivity contribution is -0.118. The summed E-state index contributed by atoms with van der Waals surface area (Å²) in [6.07, 6.45) is 0. The quantitative estimate of drug-likeness (QED) is 0.774. The zero-order valence-electron chi connectivity index (χ0n) is 15.2. The Kier molecular flexibility index (Phi) is 4.86. The van der Waals surface area contributed by atoms with Crippen LogP contribution in [0.3, 0.4) is 0 Å². The summed E-state index contributed by atoms with van der Waals surface area (Å²) in [7, 11) is 4.00. The van der Waals surface area contributed by atoms with Gasteiger partial charge in [0.25, 0.3) is 0 Å². The van der Waals surface area contributed by atoms with Crippen molar-refractivity contribution < 1.29 is 4.79 Å². The van der Waals surface area contributed by atoms with Crippen molar-refractivity contribution in [2.75, 3.05) is 19.4 Å². The van der Waals surface area contributed by atoms with E-state index in [1.165, 1.54) is 0 Å². The van der Waals surface area contributed by atoms with Crippen LogP contribution in [0, 0.1) is 6.92 Å². The summed E-state index contributed by atoms with van der Waals surface area (Å²) in [5, 5.41) is 3.04. The molecule has 2 aromatic carbocycles. The number of rotatable bonds is 5. The third-order valence-corrected chi connectivity index (χ3v) is 4.30. The van der Waals surface area contributed by atoms with E-state index in [0.717, 1.165) is 28.1 Å². The van der Waals surface area contributed by atoms with Crippen LogP contribution in [-0.4, -0.2) is 34.5 Å². The SMILES string of the molecule is Cc1ccccc1NC(=O)C(C)n1c(CN(C)C)nc2ccccc21. The largest absolute Gasteiger partial charge is 0.324 e. The molecule has 5 nitrogen and oxygen atoms in total. The van der Waals surface area contributed by atoms with Crippen LogP contribution in [0.25, 0.3) is 11.0 Å². The van der Waals surface area contributed by atoms with E-state index in [4.69, 9.17) is 4.98 Å². The van der Waals surface area contributed by atoms with Crippen molar-refractivity contribution in [2.45, 2.75) is 26.4 Å². The summed E-state index contributed by atoms with van der Waals surface area (Å²) in [5.74, 6) is 0.844. The highest BCUT2D eigenvalue weighted by Gasteiger charge is 2.22. The Morgan fingerprint density at radius 3 is 2.56 bits per heavy atom. The molecule has 130 valence electrons. The van der Waals surface area contributed by atoms with Gasteiger partial charge in [-0.2, -0.15) is 0 Å². The number of fused-ring (bicyclic) bond motifs is 1. The van der Waals surface area contributed by atoms with E-state index in [1.54, 1.807) is 0 Å². The fourth-order valence-electron chi connectivity index (χ4n) is 2.99. The number of nitrogens with zero attached hydrogens (tertiary/aromatic N) is 3. The number of nitrogens with one attached hydrogen (secondary N) is 1. The molecule has 0 fully saturated rings. The minimum atomic E-state index is -0.359. The summed E-state index contributed by atoms with van der Waals surface area (Å²) < 4.78 is 2.03. The molecule has 0 aliphatic heterocycles. The zero-order valence-corrected chi connectivity index (χ0v) is 15.2. The van der Waals surface area contributed by atoms with Gasteiger partial charge in [0.1, 0.15) is 11.9 Å². The van der Waals surface area contributed by atoms with Crippen molar-refractivity contribution in [2.24, 2.45) is 0 Å². The molecule has 1 aromatic heterocycles. The normalized spacial score (nSPS) is 12.5. The number of amides is 1. The predicted octanol–water partition coefficient (Wildman–Crippen LogP) is 3.61. The number of para-hydroxylation sites is 3. The number of aryl methyl sites for hydroxylation is 1. The van der Waals surface area contributed by atoms with E-state index >= 15 is 0 Å². The van der Waals surface area contributed by atoms with E-state index in [1.807, 2.05) is 81.0 Å². The standard InChI is InChI=1S/C20H24N4O/c1-14-9-5-6-10-16(14)22-20(25)15(2)24-18-12-8-7-11-17(18)21-19(24)13-23(3)4/h5-12,15H,13H2,1-4H3,(H,22,25). The molecule has 3 rings (SSSR count). The summed E-state index contributed by atoms with van der Waals surface area (Å²) >= 11 is 0. The summed E-state index contributed by atoms with van der Waals surface area (Å²) in [4.78, 5) is 19.7. The molecule has 25 heavy (non-hydrogen) atoms. The Morgan fingerprint density at radius 1 is 1.16 bits per heavy atom. The molecule has 0 saturated carbocycles. The smallest absolute Gasteiger partial charge is 0.247 e. The van der Waals surface area contributed by atoms with Crippen LogP contribution in [0.1, 0.15) is 24.4 Å². The average molecular weight is 336 g/mol. The van der Waals surface area contributed by atoms with Crippen LogP contribution < -0.4 is 5.32 Å². The summed E-state index contributed by atoms with van der Waals surface area (Å²) in [6, 6.07) is 15.4. The van der Waals surface area contributed by atoms with Gasteiger partial charge >= 0.3 is 0 Å². The molecular formula is C20H24N4O. The second kappa shape index (κ2) is 7.07. The molecule has 1 atom stereocenters. The number of carbonyl (C=O) groups is 1. The van der Waals surface area contributed by atoms with Crippen molar-refractivity contribution in [3.8, 4) is 0 Å². The van der Waals surface area contributed by atoms with Crippen molar-refractivity contribution in [3.05, 3.63) is 59.9 Å². The van der Waals surface area contributed by atoms with Crippen LogP contribution in [0.5, 0.6) is 0 Å². The number of anilines is 1. The molecule has 1 unspecified atom stereocenters. The Labute approximate surface area is 148 Å². The topological polar surface area (TPSA) is 50.2 Å². The van der Waals surface area contributed by atoms with Crippen molar-refractivity contribution >= 4 is 22.6 Å². The first-order valence-corrected chi connectivity index (χ1v) is 8.44. The maximum atomic E-state index is 12.9. The molecule has 3 aromatic rings. The van der Waals surface area contributed by atoms with Gasteiger partial charge in [-0.1, -0.05) is 30.3 Å². The minimum absolute atomic E-state index is 0.0440. The second-order valence-corrected chi connectivity index (χ2v) is 6.60. The van der Waals surface area contributed by atoms with E-state index in [-0.39, 0.29) is 11.9 Å². The van der Waals surface area contributed by atoms with Crippen LogP contribution in [-0.2, 0) is 11.3 Å². The van der Waals surface area contributed by atoms with Gasteiger partial charge < -0.3 is 14.8 Å². The molecule has 1 heterocycles. The van der Waals surface area contributed by atoms with Crippen LogP contribution in [0.2, 0.25) is 0 Å². The number of aromatic nitrogens is 2. The first-order valence-electron chi connectivity index (χ1n) is 8.44. The predicted molar refractivity (Wildman–Crippen MR) is 102 cm³/mol. The average Bonchev–Trinajstić information content (AvgIpc) is 2.93. The Hall–Kier alpha value is -2.66. The first kappa shape index (κ1) is 17.2. The fourth-order valence-corrected chi connectivity index (χ4v) is 2.99. The van der Waals surface area contributed by atoms with Gasteiger partial charge in [-0.25, -0.2) is 4.98 Å². The third-order valence-electron chi connectivity index (χ3n) is 4.30. The van der Waals surface area contributed by atoms with E-state index in [9.17, 15) is 4.79 Å². The van der Waals surface area contributed by atoms with Gasteiger partial charge in [0.2, 0.25) is 5.91 Å². The van der Waals surface area contributed by atoms with Crippen molar-refractivity contribution in [1.82, 2.24) is 14.5 Å². The molecule has 1 amide bonds. The summed E-state index contributed by atoms with van der Waals surface area (Å²) in [6.45, 7) is 4.59. The molecule has 5 heteroatoms. The van der Waals surface area contributed by atoms with Gasteiger partial charge in [-0.15, -0.1) is 0 Å². The maximum absolute atomic E-state index is 12.9. The van der Waals surface area contributed by atoms with Gasteiger partial charge in [0, 0.05) is 5.69 Å². The minimum Gasteiger partial charge on any atom is -0.324 e. The molecule has 0 radical (unpaired) electrons. The Morgan fingerprint density at radius 2 is 1.84 bits per heavy atom. The second-order valence-electron chi connectivity index (χ2n) is 6.60. The molecule has 0 saturated heterocycles. The van der Waals surface area contributed by atoms with E-state index < -0.39 is 0 Å². The van der Waals surface area contributed by atoms with Crippen molar-refractivity contribution in [3.63, 3.8) is 0 Å². The van der Waals surface area contributed by atoms with E-state index in [2.05, 4.69) is 10.2 Å². The van der Waals surface area contributed by atoms with Crippen LogP contribution >= 0.6 is 0 Å². The van der Waals surface area contributed by atoms with Gasteiger partial charge in [-0.05, 0) is 51.7 Å². The molecule has 1 N–H and O–H groups in total. The van der Waals surface area contributed by atoms with Gasteiger partial charge in [-0.3, -0.25) is 4.79 Å². The summed E-state index contributed by atoms with van der Waals surface area (Å²) in [5.41, 5.74) is 3.78. The lowest BCUT2D eigenvalue weighted by Gasteiger charge is -2.19. The molecular weight excluding hydrogens is 312 g/mol. The Balaban J connectivity index is 1.96. The fraction of sp³-hybridized carbons (Fsp3) is 0.300. The first-order chi connectivity index (χ1) is 12.0. The maximum Gasteiger partial charge on any atom is 0.247 e. The lowest BCUT2D eigenvalue weighted by atomic mass is 10.2. The Bertz CT molecular complexity index is 898. The van der Waals surface area contributed by atoms with E-state index in [0.29, 0.717) is 6.54 Å². The number of hydrogen-bond acceptors (Lipinski definition) is 3. The monoisotopic (exact) mass is 336 g/mol. The van der Waals surface area contributed by atoms with Crippen molar-refractivity contribution in [1.29, 1.82) is 0 Å². The van der Waals surface area contributed by atoms with Crippen LogP contribution in [0.4, 0.5) is 5.69 Å². The van der Waals surface area contributed by atoms with Crippen LogP contribution in [0.15, 0.2) is 48.5 Å². The molecule has 0 spiro atoms. The van der Waals surface area contributed by atoms with Gasteiger partial charge in [0.05, 0.1) is 17.6 Å². The molecule has 0 aliphatic carbocycles.